The first-order valence-corrected chi connectivity index (χ1v) is 8.95. The van der Waals surface area contributed by atoms with Crippen molar-refractivity contribution in [1.29, 1.82) is 0 Å². The van der Waals surface area contributed by atoms with Gasteiger partial charge in [-0.2, -0.15) is 0 Å². The number of carbonyl (C=O) groups is 1. The van der Waals surface area contributed by atoms with E-state index in [0.29, 0.717) is 5.75 Å². The van der Waals surface area contributed by atoms with Gasteiger partial charge in [-0.15, -0.1) is 0 Å². The predicted molar refractivity (Wildman–Crippen MR) is 99.0 cm³/mol. The van der Waals surface area contributed by atoms with E-state index in [2.05, 4.69) is 9.55 Å². The molecule has 4 rings (SSSR count). The number of halogens is 1. The minimum atomic E-state index is -0.750. The first-order chi connectivity index (χ1) is 13.2. The number of rotatable bonds is 4. The zero-order valence-electron chi connectivity index (χ0n) is 14.9. The molecule has 6 heteroatoms. The van der Waals surface area contributed by atoms with Crippen LogP contribution < -0.4 is 4.74 Å². The normalized spacial score (nSPS) is 12.7. The van der Waals surface area contributed by atoms with Gasteiger partial charge in [0.25, 0.3) is 0 Å². The molecular weight excluding hydrogens is 347 g/mol. The van der Waals surface area contributed by atoms with Crippen molar-refractivity contribution in [3.05, 3.63) is 60.3 Å². The third kappa shape index (κ3) is 3.18. The van der Waals surface area contributed by atoms with Gasteiger partial charge >= 0.3 is 6.16 Å². The van der Waals surface area contributed by atoms with E-state index in [1.54, 1.807) is 31.5 Å². The number of nitrogens with zero attached hydrogens (tertiary/aromatic N) is 2. The second-order valence-electron chi connectivity index (χ2n) is 6.28. The lowest BCUT2D eigenvalue weighted by Gasteiger charge is -2.11. The maximum Gasteiger partial charge on any atom is 0.513 e. The van der Waals surface area contributed by atoms with E-state index in [1.165, 1.54) is 12.1 Å². The summed E-state index contributed by atoms with van der Waals surface area (Å²) in [5, 5.41) is 0. The lowest BCUT2D eigenvalue weighted by molar-refractivity contribution is 0.104. The minimum absolute atomic E-state index is 0.225. The molecule has 3 aromatic rings. The Morgan fingerprint density at radius 3 is 2.59 bits per heavy atom. The number of ether oxygens (including phenoxy) is 2. The molecular formula is C21H19FN2O3. The van der Waals surface area contributed by atoms with E-state index in [9.17, 15) is 9.18 Å². The van der Waals surface area contributed by atoms with E-state index in [0.717, 1.165) is 47.5 Å². The average Bonchev–Trinajstić information content (AvgIpc) is 3.24. The molecule has 1 aliphatic rings. The van der Waals surface area contributed by atoms with E-state index in [4.69, 9.17) is 9.47 Å². The molecule has 138 valence electrons. The van der Waals surface area contributed by atoms with Gasteiger partial charge in [-0.3, -0.25) is 4.98 Å². The van der Waals surface area contributed by atoms with Gasteiger partial charge in [0.15, 0.2) is 5.75 Å². The van der Waals surface area contributed by atoms with Gasteiger partial charge in [0.05, 0.1) is 12.3 Å². The second-order valence-corrected chi connectivity index (χ2v) is 6.28. The molecule has 0 aliphatic carbocycles. The first kappa shape index (κ1) is 17.3. The molecule has 0 atom stereocenters. The van der Waals surface area contributed by atoms with Gasteiger partial charge in [0.2, 0.25) is 0 Å². The van der Waals surface area contributed by atoms with E-state index in [1.807, 2.05) is 12.1 Å². The molecule has 0 saturated heterocycles. The summed E-state index contributed by atoms with van der Waals surface area (Å²) in [5.41, 5.74) is 4.44. The Morgan fingerprint density at radius 2 is 1.89 bits per heavy atom. The number of aromatic nitrogens is 2. The monoisotopic (exact) mass is 366 g/mol. The minimum Gasteiger partial charge on any atom is -0.434 e. The molecule has 3 heterocycles. The summed E-state index contributed by atoms with van der Waals surface area (Å²) in [4.78, 5) is 16.2. The Kier molecular flexibility index (Phi) is 4.62. The molecule has 0 spiro atoms. The fourth-order valence-corrected chi connectivity index (χ4v) is 3.59. The molecule has 0 amide bonds. The molecule has 0 radical (unpaired) electrons. The van der Waals surface area contributed by atoms with Crippen LogP contribution in [0.4, 0.5) is 9.18 Å². The van der Waals surface area contributed by atoms with Crippen LogP contribution in [0.15, 0.2) is 48.8 Å². The highest BCUT2D eigenvalue weighted by atomic mass is 19.1. The Morgan fingerprint density at radius 1 is 1.15 bits per heavy atom. The molecule has 1 aromatic carbocycles. The largest absolute Gasteiger partial charge is 0.513 e. The molecule has 2 aromatic heterocycles. The summed E-state index contributed by atoms with van der Waals surface area (Å²) in [6.45, 7) is 2.76. The summed E-state index contributed by atoms with van der Waals surface area (Å²) < 4.78 is 26.3. The Bertz CT molecular complexity index is 965. The molecule has 0 saturated carbocycles. The highest BCUT2D eigenvalue weighted by Gasteiger charge is 2.30. The van der Waals surface area contributed by atoms with Crippen molar-refractivity contribution in [2.45, 2.75) is 26.3 Å². The Labute approximate surface area is 156 Å². The van der Waals surface area contributed by atoms with Crippen LogP contribution in [-0.2, 0) is 17.7 Å². The van der Waals surface area contributed by atoms with Crippen molar-refractivity contribution in [2.24, 2.45) is 0 Å². The zero-order chi connectivity index (χ0) is 18.8. The van der Waals surface area contributed by atoms with Crippen LogP contribution in [0, 0.1) is 5.82 Å². The standard InChI is InChI=1S/C21H19FN2O3/c1-2-26-21(25)27-20-18(14-9-11-23-12-10-14)17-4-3-13-24(17)19(20)15-5-7-16(22)8-6-15/h5-12H,2-4,13H2,1H3. The van der Waals surface area contributed by atoms with Crippen molar-refractivity contribution in [2.75, 3.05) is 6.61 Å². The van der Waals surface area contributed by atoms with Gasteiger partial charge in [-0.25, -0.2) is 9.18 Å². The molecule has 0 unspecified atom stereocenters. The Hall–Kier alpha value is -3.15. The lowest BCUT2D eigenvalue weighted by Crippen LogP contribution is -2.11. The van der Waals surface area contributed by atoms with Crippen LogP contribution in [0.3, 0.4) is 0 Å². The summed E-state index contributed by atoms with van der Waals surface area (Å²) in [6.07, 6.45) is 4.54. The lowest BCUT2D eigenvalue weighted by atomic mass is 10.0. The van der Waals surface area contributed by atoms with E-state index >= 15 is 0 Å². The molecule has 0 bridgehead atoms. The molecule has 27 heavy (non-hydrogen) atoms. The highest BCUT2D eigenvalue weighted by Crippen LogP contribution is 2.46. The number of carbonyl (C=O) groups excluding carboxylic acids is 1. The maximum atomic E-state index is 13.4. The van der Waals surface area contributed by atoms with Gasteiger partial charge < -0.3 is 14.0 Å². The molecule has 5 nitrogen and oxygen atoms in total. The molecule has 0 fully saturated rings. The quantitative estimate of drug-likeness (QED) is 0.620. The maximum absolute atomic E-state index is 13.4. The van der Waals surface area contributed by atoms with Gasteiger partial charge in [-0.05, 0) is 61.7 Å². The number of hydrogen-bond acceptors (Lipinski definition) is 4. The van der Waals surface area contributed by atoms with Crippen molar-refractivity contribution >= 4 is 6.16 Å². The Balaban J connectivity index is 1.94. The van der Waals surface area contributed by atoms with E-state index < -0.39 is 6.16 Å². The predicted octanol–water partition coefficient (Wildman–Crippen LogP) is 4.84. The number of fused-ring (bicyclic) bond motifs is 1. The van der Waals surface area contributed by atoms with Crippen molar-refractivity contribution in [3.8, 4) is 28.1 Å². The average molecular weight is 366 g/mol. The van der Waals surface area contributed by atoms with Crippen molar-refractivity contribution < 1.29 is 18.7 Å². The summed E-state index contributed by atoms with van der Waals surface area (Å²) in [7, 11) is 0. The van der Waals surface area contributed by atoms with Crippen LogP contribution >= 0.6 is 0 Å². The van der Waals surface area contributed by atoms with Crippen molar-refractivity contribution in [1.82, 2.24) is 9.55 Å². The van der Waals surface area contributed by atoms with Crippen LogP contribution in [0.25, 0.3) is 22.4 Å². The summed E-state index contributed by atoms with van der Waals surface area (Å²) in [6, 6.07) is 9.99. The summed E-state index contributed by atoms with van der Waals surface area (Å²) >= 11 is 0. The SMILES string of the molecule is CCOC(=O)Oc1c(-c2ccncc2)c2n(c1-c1ccc(F)cc1)CCC2. The smallest absolute Gasteiger partial charge is 0.434 e. The fraction of sp³-hybridized carbons (Fsp3) is 0.238. The number of benzene rings is 1. The zero-order valence-corrected chi connectivity index (χ0v) is 14.9. The highest BCUT2D eigenvalue weighted by molar-refractivity contribution is 5.87. The third-order valence-electron chi connectivity index (χ3n) is 4.66. The topological polar surface area (TPSA) is 53.4 Å². The molecule has 1 aliphatic heterocycles. The van der Waals surface area contributed by atoms with Crippen LogP contribution in [-0.4, -0.2) is 22.3 Å². The van der Waals surface area contributed by atoms with Crippen molar-refractivity contribution in [3.63, 3.8) is 0 Å². The second kappa shape index (κ2) is 7.23. The fourth-order valence-electron chi connectivity index (χ4n) is 3.59. The van der Waals surface area contributed by atoms with E-state index in [-0.39, 0.29) is 12.4 Å². The van der Waals surface area contributed by atoms with Gasteiger partial charge in [-0.1, -0.05) is 0 Å². The van der Waals surface area contributed by atoms with Crippen LogP contribution in [0.5, 0.6) is 5.75 Å². The third-order valence-corrected chi connectivity index (χ3v) is 4.66. The number of hydrogen-bond donors (Lipinski definition) is 0. The molecule has 0 N–H and O–H groups in total. The van der Waals surface area contributed by atoms with Crippen LogP contribution in [0.2, 0.25) is 0 Å². The summed E-state index contributed by atoms with van der Waals surface area (Å²) in [5.74, 6) is 0.134. The van der Waals surface area contributed by atoms with Gasteiger partial charge in [0.1, 0.15) is 5.82 Å². The number of pyridine rings is 1. The van der Waals surface area contributed by atoms with Gasteiger partial charge in [0, 0.05) is 35.8 Å². The first-order valence-electron chi connectivity index (χ1n) is 8.95. The van der Waals surface area contributed by atoms with Crippen LogP contribution in [0.1, 0.15) is 19.0 Å².